The first-order valence-corrected chi connectivity index (χ1v) is 9.63. The summed E-state index contributed by atoms with van der Waals surface area (Å²) in [5.41, 5.74) is 3.10. The lowest BCUT2D eigenvalue weighted by molar-refractivity contribution is 0.403. The lowest BCUT2D eigenvalue weighted by Gasteiger charge is -2.34. The van der Waals surface area contributed by atoms with E-state index >= 15 is 0 Å². The summed E-state index contributed by atoms with van der Waals surface area (Å²) in [5, 5.41) is 12.5. The molecule has 0 amide bonds. The number of nitrogens with zero attached hydrogens (tertiary/aromatic N) is 2. The van der Waals surface area contributed by atoms with Gasteiger partial charge < -0.3 is 10.0 Å². The summed E-state index contributed by atoms with van der Waals surface area (Å²) in [6, 6.07) is 15.5. The maximum atomic E-state index is 9.98. The Bertz CT molecular complexity index is 916. The molecule has 1 aliphatic heterocycles. The Kier molecular flexibility index (Phi) is 4.92. The highest BCUT2D eigenvalue weighted by Gasteiger charge is 2.22. The number of piperidine rings is 1. The quantitative estimate of drug-likeness (QED) is 0.626. The minimum absolute atomic E-state index is 0.0781. The summed E-state index contributed by atoms with van der Waals surface area (Å²) in [6.07, 6.45) is 3.19. The van der Waals surface area contributed by atoms with Crippen molar-refractivity contribution < 1.29 is 5.11 Å². The Morgan fingerprint density at radius 2 is 1.69 bits per heavy atom. The zero-order chi connectivity index (χ0) is 18.1. The molecule has 1 saturated heterocycles. The van der Waals surface area contributed by atoms with Crippen LogP contribution >= 0.6 is 23.2 Å². The van der Waals surface area contributed by atoms with Gasteiger partial charge in [-0.1, -0.05) is 41.4 Å². The van der Waals surface area contributed by atoms with E-state index < -0.39 is 0 Å². The van der Waals surface area contributed by atoms with Gasteiger partial charge in [0.25, 0.3) is 0 Å². The van der Waals surface area contributed by atoms with E-state index in [-0.39, 0.29) is 5.88 Å². The van der Waals surface area contributed by atoms with Crippen molar-refractivity contribution >= 4 is 39.8 Å². The standard InChI is InChI=1S/C21H20Cl2N2O/c22-16-10-15(11-17(23)12-16)9-14-5-7-25(8-6-14)20-13-21(26)24-19-4-2-1-3-18(19)20/h1-4,10-14H,5-9H2,(H,24,26). The third kappa shape index (κ3) is 3.74. The molecule has 0 atom stereocenters. The van der Waals surface area contributed by atoms with Crippen LogP contribution in [0.1, 0.15) is 18.4 Å². The van der Waals surface area contributed by atoms with E-state index in [1.54, 1.807) is 12.1 Å². The van der Waals surface area contributed by atoms with Gasteiger partial charge in [0, 0.05) is 34.6 Å². The van der Waals surface area contributed by atoms with Gasteiger partial charge in [-0.3, -0.25) is 0 Å². The van der Waals surface area contributed by atoms with Crippen LogP contribution < -0.4 is 4.90 Å². The van der Waals surface area contributed by atoms with Crippen molar-refractivity contribution in [2.45, 2.75) is 19.3 Å². The zero-order valence-electron chi connectivity index (χ0n) is 14.3. The Balaban J connectivity index is 1.49. The summed E-state index contributed by atoms with van der Waals surface area (Å²) >= 11 is 12.2. The lowest BCUT2D eigenvalue weighted by atomic mass is 9.90. The third-order valence-electron chi connectivity index (χ3n) is 5.08. The molecule has 4 rings (SSSR count). The molecule has 134 valence electrons. The molecular weight excluding hydrogens is 367 g/mol. The number of aromatic nitrogens is 1. The average Bonchev–Trinajstić information content (AvgIpc) is 2.61. The summed E-state index contributed by atoms with van der Waals surface area (Å²) in [4.78, 5) is 6.57. The second-order valence-corrected chi connectivity index (χ2v) is 7.80. The van der Waals surface area contributed by atoms with E-state index in [1.165, 1.54) is 5.56 Å². The van der Waals surface area contributed by atoms with Gasteiger partial charge in [0.05, 0.1) is 11.2 Å². The smallest absolute Gasteiger partial charge is 0.213 e. The van der Waals surface area contributed by atoms with E-state index in [2.05, 4.69) is 16.0 Å². The number of hydrogen-bond donors (Lipinski definition) is 1. The molecule has 1 fully saturated rings. The SMILES string of the molecule is Oc1cc(N2CCC(Cc3cc(Cl)cc(Cl)c3)CC2)c2ccccc2n1. The van der Waals surface area contributed by atoms with Crippen molar-refractivity contribution in [3.05, 3.63) is 64.1 Å². The Morgan fingerprint density at radius 1 is 1.00 bits per heavy atom. The summed E-state index contributed by atoms with van der Waals surface area (Å²) < 4.78 is 0. The fraction of sp³-hybridized carbons (Fsp3) is 0.286. The Morgan fingerprint density at radius 3 is 2.42 bits per heavy atom. The van der Waals surface area contributed by atoms with Crippen LogP contribution in [0.25, 0.3) is 10.9 Å². The maximum Gasteiger partial charge on any atom is 0.213 e. The second kappa shape index (κ2) is 7.34. The molecule has 0 bridgehead atoms. The Labute approximate surface area is 163 Å². The van der Waals surface area contributed by atoms with Crippen LogP contribution in [-0.4, -0.2) is 23.2 Å². The van der Waals surface area contributed by atoms with Gasteiger partial charge >= 0.3 is 0 Å². The molecular formula is C21H20Cl2N2O. The van der Waals surface area contributed by atoms with Crippen LogP contribution in [0.2, 0.25) is 10.0 Å². The molecule has 2 heterocycles. The summed E-state index contributed by atoms with van der Waals surface area (Å²) in [7, 11) is 0. The number of para-hydroxylation sites is 1. The molecule has 1 N–H and O–H groups in total. The van der Waals surface area contributed by atoms with Gasteiger partial charge in [-0.15, -0.1) is 0 Å². The van der Waals surface area contributed by atoms with Crippen LogP contribution in [0.15, 0.2) is 48.5 Å². The van der Waals surface area contributed by atoms with E-state index in [0.29, 0.717) is 16.0 Å². The summed E-state index contributed by atoms with van der Waals surface area (Å²) in [5.74, 6) is 0.692. The van der Waals surface area contributed by atoms with Crippen molar-refractivity contribution in [3.8, 4) is 5.88 Å². The van der Waals surface area contributed by atoms with Crippen LogP contribution in [0.4, 0.5) is 5.69 Å². The molecule has 1 aromatic heterocycles. The second-order valence-electron chi connectivity index (χ2n) is 6.93. The van der Waals surface area contributed by atoms with E-state index in [0.717, 1.165) is 48.9 Å². The molecule has 2 aromatic carbocycles. The minimum Gasteiger partial charge on any atom is -0.493 e. The van der Waals surface area contributed by atoms with Gasteiger partial charge in [0.15, 0.2) is 0 Å². The normalized spacial score (nSPS) is 15.5. The predicted molar refractivity (Wildman–Crippen MR) is 109 cm³/mol. The maximum absolute atomic E-state index is 9.98. The molecule has 1 aliphatic rings. The average molecular weight is 387 g/mol. The van der Waals surface area contributed by atoms with Crippen molar-refractivity contribution in [2.24, 2.45) is 5.92 Å². The van der Waals surface area contributed by atoms with E-state index in [4.69, 9.17) is 23.2 Å². The van der Waals surface area contributed by atoms with Crippen LogP contribution in [0, 0.1) is 5.92 Å². The van der Waals surface area contributed by atoms with Gasteiger partial charge in [0.1, 0.15) is 0 Å². The molecule has 5 heteroatoms. The highest BCUT2D eigenvalue weighted by atomic mass is 35.5. The van der Waals surface area contributed by atoms with Crippen LogP contribution in [-0.2, 0) is 6.42 Å². The topological polar surface area (TPSA) is 36.4 Å². The fourth-order valence-corrected chi connectivity index (χ4v) is 4.42. The number of fused-ring (bicyclic) bond motifs is 1. The number of anilines is 1. The molecule has 0 saturated carbocycles. The molecule has 0 radical (unpaired) electrons. The first-order chi connectivity index (χ1) is 12.6. The van der Waals surface area contributed by atoms with E-state index in [1.807, 2.05) is 30.3 Å². The van der Waals surface area contributed by atoms with Crippen molar-refractivity contribution in [1.29, 1.82) is 0 Å². The largest absolute Gasteiger partial charge is 0.493 e. The number of hydrogen-bond acceptors (Lipinski definition) is 3. The van der Waals surface area contributed by atoms with Crippen molar-refractivity contribution in [2.75, 3.05) is 18.0 Å². The predicted octanol–water partition coefficient (Wildman–Crippen LogP) is 5.71. The molecule has 0 unspecified atom stereocenters. The highest BCUT2D eigenvalue weighted by Crippen LogP contribution is 2.33. The molecule has 26 heavy (non-hydrogen) atoms. The van der Waals surface area contributed by atoms with Crippen LogP contribution in [0.5, 0.6) is 5.88 Å². The first kappa shape index (κ1) is 17.4. The van der Waals surface area contributed by atoms with Gasteiger partial charge in [-0.05, 0) is 55.0 Å². The third-order valence-corrected chi connectivity index (χ3v) is 5.52. The number of halogens is 2. The monoisotopic (exact) mass is 386 g/mol. The molecule has 0 aliphatic carbocycles. The number of benzene rings is 2. The highest BCUT2D eigenvalue weighted by molar-refractivity contribution is 6.34. The van der Waals surface area contributed by atoms with Crippen LogP contribution in [0.3, 0.4) is 0 Å². The minimum atomic E-state index is 0.0781. The Hall–Kier alpha value is -1.97. The fourth-order valence-electron chi connectivity index (χ4n) is 3.85. The molecule has 3 aromatic rings. The van der Waals surface area contributed by atoms with E-state index in [9.17, 15) is 5.11 Å². The number of rotatable bonds is 3. The molecule has 0 spiro atoms. The van der Waals surface area contributed by atoms with Gasteiger partial charge in [-0.2, -0.15) is 0 Å². The lowest BCUT2D eigenvalue weighted by Crippen LogP contribution is -2.34. The first-order valence-electron chi connectivity index (χ1n) is 8.87. The number of aromatic hydroxyl groups is 1. The molecule has 3 nitrogen and oxygen atoms in total. The summed E-state index contributed by atoms with van der Waals surface area (Å²) in [6.45, 7) is 1.93. The number of pyridine rings is 1. The van der Waals surface area contributed by atoms with Crippen molar-refractivity contribution in [1.82, 2.24) is 4.98 Å². The van der Waals surface area contributed by atoms with Gasteiger partial charge in [0.2, 0.25) is 5.88 Å². The zero-order valence-corrected chi connectivity index (χ0v) is 15.8. The van der Waals surface area contributed by atoms with Crippen molar-refractivity contribution in [3.63, 3.8) is 0 Å². The van der Waals surface area contributed by atoms with Gasteiger partial charge in [-0.25, -0.2) is 4.98 Å².